The minimum atomic E-state index is -1.28. The maximum absolute atomic E-state index is 11.8. The maximum Gasteiger partial charge on any atom is 0.269 e. The van der Waals surface area contributed by atoms with Crippen LogP contribution in [0.1, 0.15) is 16.8 Å². The van der Waals surface area contributed by atoms with Crippen LogP contribution in [0.3, 0.4) is 0 Å². The zero-order valence-electron chi connectivity index (χ0n) is 9.46. The zero-order chi connectivity index (χ0) is 13.1. The highest BCUT2D eigenvalue weighted by Gasteiger charge is 2.31. The van der Waals surface area contributed by atoms with Crippen molar-refractivity contribution in [3.63, 3.8) is 0 Å². The van der Waals surface area contributed by atoms with Crippen LogP contribution in [0.25, 0.3) is 0 Å². The summed E-state index contributed by atoms with van der Waals surface area (Å²) in [6.45, 7) is -0.0558. The second-order valence-electron chi connectivity index (χ2n) is 4.03. The van der Waals surface area contributed by atoms with Gasteiger partial charge in [-0.25, -0.2) is 0 Å². The quantitative estimate of drug-likeness (QED) is 0.736. The Kier molecular flexibility index (Phi) is 3.27. The first-order chi connectivity index (χ1) is 8.58. The molecule has 18 heavy (non-hydrogen) atoms. The predicted octanol–water partition coefficient (Wildman–Crippen LogP) is -1.07. The van der Waals surface area contributed by atoms with Crippen LogP contribution in [0.4, 0.5) is 0 Å². The Morgan fingerprint density at radius 1 is 1.28 bits per heavy atom. The van der Waals surface area contributed by atoms with Crippen LogP contribution < -0.4 is 10.5 Å². The fourth-order valence-electron chi connectivity index (χ4n) is 1.75. The first-order valence-electron chi connectivity index (χ1n) is 5.45. The molecule has 1 saturated heterocycles. The van der Waals surface area contributed by atoms with Crippen LogP contribution in [-0.4, -0.2) is 29.3 Å². The van der Waals surface area contributed by atoms with Crippen LogP contribution in [0.2, 0.25) is 0 Å². The molecular weight excluding hydrogens is 236 g/mol. The number of hydrogen-bond donors (Lipinski definition) is 1. The molecule has 0 spiro atoms. The molecule has 1 atom stereocenters. The molecule has 1 aliphatic rings. The first kappa shape index (κ1) is 12.1. The minimum absolute atomic E-state index is 0.0558. The summed E-state index contributed by atoms with van der Waals surface area (Å²) in [4.78, 5) is 33.9. The number of aliphatic carboxylic acids is 1. The van der Waals surface area contributed by atoms with Gasteiger partial charge in [-0.3, -0.25) is 20.0 Å². The Labute approximate surface area is 103 Å². The van der Waals surface area contributed by atoms with Gasteiger partial charge in [0.25, 0.3) is 5.91 Å². The number of nitrogens with one attached hydrogen (secondary N) is 1. The van der Waals surface area contributed by atoms with Gasteiger partial charge in [0.2, 0.25) is 5.91 Å². The van der Waals surface area contributed by atoms with E-state index in [9.17, 15) is 19.5 Å². The lowest BCUT2D eigenvalue weighted by molar-refractivity contribution is -0.311. The number of amides is 2. The second-order valence-corrected chi connectivity index (χ2v) is 4.03. The third-order valence-corrected chi connectivity index (χ3v) is 2.73. The smallest absolute Gasteiger partial charge is 0.269 e. The summed E-state index contributed by atoms with van der Waals surface area (Å²) in [6.07, 6.45) is -0.141. The van der Waals surface area contributed by atoms with Crippen molar-refractivity contribution < 1.29 is 19.5 Å². The fraction of sp³-hybridized carbons (Fsp3) is 0.250. The Balaban J connectivity index is 2.01. The number of nitrogens with zero attached hydrogens (tertiary/aromatic N) is 1. The van der Waals surface area contributed by atoms with E-state index in [-0.39, 0.29) is 13.0 Å². The largest absolute Gasteiger partial charge is 0.550 e. The predicted molar refractivity (Wildman–Crippen MR) is 58.7 cm³/mol. The molecule has 0 radical (unpaired) electrons. The van der Waals surface area contributed by atoms with E-state index in [2.05, 4.69) is 5.43 Å². The van der Waals surface area contributed by atoms with E-state index in [1.165, 1.54) is 0 Å². The summed E-state index contributed by atoms with van der Waals surface area (Å²) >= 11 is 0. The van der Waals surface area contributed by atoms with E-state index in [0.717, 1.165) is 5.01 Å². The topological polar surface area (TPSA) is 89.5 Å². The van der Waals surface area contributed by atoms with Crippen molar-refractivity contribution >= 4 is 17.8 Å². The highest BCUT2D eigenvalue weighted by molar-refractivity contribution is 5.96. The van der Waals surface area contributed by atoms with E-state index in [4.69, 9.17) is 0 Å². The average molecular weight is 247 g/mol. The Bertz CT molecular complexity index is 486. The number of carboxylic acid groups (broad SMARTS) is 1. The Hall–Kier alpha value is -2.37. The SMILES string of the molecule is O=C(NN1C[C@H](C(=O)[O-])CC1=O)c1ccccc1. The lowest BCUT2D eigenvalue weighted by Gasteiger charge is -2.18. The summed E-state index contributed by atoms with van der Waals surface area (Å²) in [7, 11) is 0. The van der Waals surface area contributed by atoms with Gasteiger partial charge < -0.3 is 9.90 Å². The Morgan fingerprint density at radius 2 is 1.94 bits per heavy atom. The standard InChI is InChI=1S/C12H12N2O4/c15-10-6-9(12(17)18)7-14(10)13-11(16)8-4-2-1-3-5-8/h1-5,9H,6-7H2,(H,13,16)(H,17,18)/p-1/t9-/m1/s1. The van der Waals surface area contributed by atoms with Crippen LogP contribution in [0, 0.1) is 5.92 Å². The molecule has 0 bridgehead atoms. The molecule has 0 unspecified atom stereocenters. The number of carboxylic acids is 1. The number of carbonyl (C=O) groups excluding carboxylic acids is 3. The molecule has 1 heterocycles. The molecule has 0 aromatic heterocycles. The summed E-state index contributed by atoms with van der Waals surface area (Å²) in [5, 5.41) is 11.7. The van der Waals surface area contributed by atoms with E-state index in [0.29, 0.717) is 5.56 Å². The van der Waals surface area contributed by atoms with Gasteiger partial charge in [-0.15, -0.1) is 0 Å². The van der Waals surface area contributed by atoms with Gasteiger partial charge >= 0.3 is 0 Å². The molecule has 6 heteroatoms. The molecule has 1 N–H and O–H groups in total. The van der Waals surface area contributed by atoms with Crippen molar-refractivity contribution in [3.8, 4) is 0 Å². The van der Waals surface area contributed by atoms with Crippen molar-refractivity contribution in [3.05, 3.63) is 35.9 Å². The van der Waals surface area contributed by atoms with Gasteiger partial charge in [-0.05, 0) is 12.1 Å². The third-order valence-electron chi connectivity index (χ3n) is 2.73. The number of benzene rings is 1. The van der Waals surface area contributed by atoms with Crippen LogP contribution in [0.5, 0.6) is 0 Å². The molecule has 0 aliphatic carbocycles. The van der Waals surface area contributed by atoms with Crippen molar-refractivity contribution in [1.82, 2.24) is 10.4 Å². The highest BCUT2D eigenvalue weighted by atomic mass is 16.4. The van der Waals surface area contributed by atoms with Gasteiger partial charge in [-0.2, -0.15) is 0 Å². The van der Waals surface area contributed by atoms with Crippen LogP contribution >= 0.6 is 0 Å². The van der Waals surface area contributed by atoms with Crippen LogP contribution in [0.15, 0.2) is 30.3 Å². The van der Waals surface area contributed by atoms with Gasteiger partial charge in [0.15, 0.2) is 0 Å². The fourth-order valence-corrected chi connectivity index (χ4v) is 1.75. The van der Waals surface area contributed by atoms with Gasteiger partial charge in [0, 0.05) is 23.9 Å². The molecule has 0 saturated carbocycles. The number of hydrogen-bond acceptors (Lipinski definition) is 4. The van der Waals surface area contributed by atoms with Crippen molar-refractivity contribution in [2.24, 2.45) is 5.92 Å². The number of carbonyl (C=O) groups is 3. The summed E-state index contributed by atoms with van der Waals surface area (Å²) in [6, 6.07) is 8.37. The summed E-state index contributed by atoms with van der Waals surface area (Å²) in [5.74, 6) is -3.01. The second kappa shape index (κ2) is 4.87. The number of hydrazine groups is 1. The lowest BCUT2D eigenvalue weighted by Crippen LogP contribution is -2.44. The van der Waals surface area contributed by atoms with Crippen molar-refractivity contribution in [1.29, 1.82) is 0 Å². The van der Waals surface area contributed by atoms with Crippen molar-refractivity contribution in [2.75, 3.05) is 6.54 Å². The molecule has 1 aromatic carbocycles. The molecule has 2 amide bonds. The molecule has 6 nitrogen and oxygen atoms in total. The normalized spacial score (nSPS) is 18.8. The summed E-state index contributed by atoms with van der Waals surface area (Å²) < 4.78 is 0. The first-order valence-corrected chi connectivity index (χ1v) is 5.45. The summed E-state index contributed by atoms with van der Waals surface area (Å²) in [5.41, 5.74) is 2.79. The van der Waals surface area contributed by atoms with E-state index in [1.807, 2.05) is 0 Å². The molecule has 2 rings (SSSR count). The zero-order valence-corrected chi connectivity index (χ0v) is 9.46. The lowest BCUT2D eigenvalue weighted by atomic mass is 10.1. The molecule has 1 fully saturated rings. The average Bonchev–Trinajstić information content (AvgIpc) is 2.72. The molecular formula is C12H11N2O4-. The van der Waals surface area contributed by atoms with Crippen molar-refractivity contribution in [2.45, 2.75) is 6.42 Å². The van der Waals surface area contributed by atoms with Gasteiger partial charge in [0.05, 0.1) is 6.54 Å². The van der Waals surface area contributed by atoms with Crippen LogP contribution in [-0.2, 0) is 9.59 Å². The molecule has 1 aromatic rings. The van der Waals surface area contributed by atoms with Gasteiger partial charge in [-0.1, -0.05) is 18.2 Å². The molecule has 94 valence electrons. The highest BCUT2D eigenvalue weighted by Crippen LogP contribution is 2.15. The van der Waals surface area contributed by atoms with Gasteiger partial charge in [0.1, 0.15) is 0 Å². The maximum atomic E-state index is 11.8. The Morgan fingerprint density at radius 3 is 2.50 bits per heavy atom. The van der Waals surface area contributed by atoms with E-state index in [1.54, 1.807) is 30.3 Å². The van der Waals surface area contributed by atoms with E-state index < -0.39 is 23.7 Å². The monoisotopic (exact) mass is 247 g/mol. The number of rotatable bonds is 3. The minimum Gasteiger partial charge on any atom is -0.550 e. The third kappa shape index (κ3) is 2.48. The molecule has 1 aliphatic heterocycles. The van der Waals surface area contributed by atoms with E-state index >= 15 is 0 Å².